The standard InChI is InChI=1S/C14H27N3O3/c1-11(9-17(2)3)16-13(20)15-10-14(12(18)19)7-5-4-6-8-14/h11H,4-10H2,1-3H3,(H,18,19)(H2,15,16,20). The number of nitrogens with one attached hydrogen (secondary N) is 2. The molecule has 0 aromatic heterocycles. The zero-order valence-electron chi connectivity index (χ0n) is 12.7. The van der Waals surface area contributed by atoms with E-state index < -0.39 is 11.4 Å². The molecule has 1 fully saturated rings. The second kappa shape index (κ2) is 7.47. The Morgan fingerprint density at radius 3 is 2.35 bits per heavy atom. The van der Waals surface area contributed by atoms with Crippen LogP contribution in [0.1, 0.15) is 39.0 Å². The molecule has 0 bridgehead atoms. The van der Waals surface area contributed by atoms with Crippen LogP contribution in [0.4, 0.5) is 4.79 Å². The van der Waals surface area contributed by atoms with Crippen LogP contribution in [0.25, 0.3) is 0 Å². The van der Waals surface area contributed by atoms with Gasteiger partial charge in [-0.3, -0.25) is 4.79 Å². The molecule has 1 atom stereocenters. The second-order valence-corrected chi connectivity index (χ2v) is 6.14. The van der Waals surface area contributed by atoms with E-state index in [2.05, 4.69) is 10.6 Å². The highest BCUT2D eigenvalue weighted by molar-refractivity contribution is 5.78. The number of carboxylic acids is 1. The van der Waals surface area contributed by atoms with Crippen LogP contribution in [0.5, 0.6) is 0 Å². The van der Waals surface area contributed by atoms with Gasteiger partial charge in [-0.2, -0.15) is 0 Å². The molecule has 1 saturated carbocycles. The molecule has 0 spiro atoms. The number of rotatable bonds is 6. The van der Waals surface area contributed by atoms with Crippen molar-refractivity contribution in [2.24, 2.45) is 5.41 Å². The first-order valence-electron chi connectivity index (χ1n) is 7.28. The minimum Gasteiger partial charge on any atom is -0.481 e. The van der Waals surface area contributed by atoms with E-state index in [4.69, 9.17) is 0 Å². The predicted molar refractivity (Wildman–Crippen MR) is 77.7 cm³/mol. The van der Waals surface area contributed by atoms with Gasteiger partial charge in [-0.25, -0.2) is 4.79 Å². The largest absolute Gasteiger partial charge is 0.481 e. The molecule has 0 heterocycles. The number of carboxylic acid groups (broad SMARTS) is 1. The lowest BCUT2D eigenvalue weighted by atomic mass is 9.74. The fraction of sp³-hybridized carbons (Fsp3) is 0.857. The Morgan fingerprint density at radius 1 is 1.25 bits per heavy atom. The molecular formula is C14H27N3O3. The number of carbonyl (C=O) groups excluding carboxylic acids is 1. The van der Waals surface area contributed by atoms with Crippen LogP contribution in [0.3, 0.4) is 0 Å². The fourth-order valence-electron chi connectivity index (χ4n) is 2.81. The van der Waals surface area contributed by atoms with Crippen molar-refractivity contribution in [3.8, 4) is 0 Å². The van der Waals surface area contributed by atoms with Crippen molar-refractivity contribution in [1.82, 2.24) is 15.5 Å². The Morgan fingerprint density at radius 2 is 1.85 bits per heavy atom. The number of aliphatic carboxylic acids is 1. The molecule has 1 aliphatic rings. The van der Waals surface area contributed by atoms with E-state index in [1.807, 2.05) is 25.9 Å². The van der Waals surface area contributed by atoms with Crippen LogP contribution in [-0.4, -0.2) is 55.2 Å². The molecule has 1 rings (SSSR count). The van der Waals surface area contributed by atoms with Crippen LogP contribution in [0.2, 0.25) is 0 Å². The first-order chi connectivity index (χ1) is 9.35. The summed E-state index contributed by atoms with van der Waals surface area (Å²) in [7, 11) is 3.88. The van der Waals surface area contributed by atoms with E-state index in [1.165, 1.54) is 0 Å². The van der Waals surface area contributed by atoms with Crippen LogP contribution >= 0.6 is 0 Å². The smallest absolute Gasteiger partial charge is 0.315 e. The average molecular weight is 285 g/mol. The monoisotopic (exact) mass is 285 g/mol. The molecule has 1 aliphatic carbocycles. The zero-order valence-corrected chi connectivity index (χ0v) is 12.7. The summed E-state index contributed by atoms with van der Waals surface area (Å²) in [6, 6.07) is -0.261. The van der Waals surface area contributed by atoms with Crippen molar-refractivity contribution in [2.45, 2.75) is 45.1 Å². The Kier molecular flexibility index (Phi) is 6.26. The lowest BCUT2D eigenvalue weighted by Crippen LogP contribution is -2.50. The third kappa shape index (κ3) is 5.00. The lowest BCUT2D eigenvalue weighted by Gasteiger charge is -2.33. The SMILES string of the molecule is CC(CN(C)C)NC(=O)NCC1(C(=O)O)CCCCC1. The Hall–Kier alpha value is -1.30. The maximum atomic E-state index is 11.8. The van der Waals surface area contributed by atoms with Gasteiger partial charge in [-0.1, -0.05) is 19.3 Å². The summed E-state index contributed by atoms with van der Waals surface area (Å²) in [5.74, 6) is -0.793. The van der Waals surface area contributed by atoms with Crippen molar-refractivity contribution < 1.29 is 14.7 Å². The van der Waals surface area contributed by atoms with E-state index in [1.54, 1.807) is 0 Å². The summed E-state index contributed by atoms with van der Waals surface area (Å²) in [6.45, 7) is 2.88. The molecule has 0 radical (unpaired) electrons. The first kappa shape index (κ1) is 16.8. The van der Waals surface area contributed by atoms with Gasteiger partial charge in [0.05, 0.1) is 5.41 Å². The molecule has 6 heteroatoms. The number of urea groups is 1. The van der Waals surface area contributed by atoms with Gasteiger partial charge in [0, 0.05) is 19.1 Å². The number of likely N-dealkylation sites (N-methyl/N-ethyl adjacent to an activating group) is 1. The van der Waals surface area contributed by atoms with E-state index in [-0.39, 0.29) is 18.6 Å². The van der Waals surface area contributed by atoms with Gasteiger partial charge in [0.2, 0.25) is 0 Å². The highest BCUT2D eigenvalue weighted by atomic mass is 16.4. The summed E-state index contributed by atoms with van der Waals surface area (Å²) in [5.41, 5.74) is -0.777. The van der Waals surface area contributed by atoms with Crippen LogP contribution < -0.4 is 10.6 Å². The normalized spacial score (nSPS) is 19.4. The van der Waals surface area contributed by atoms with Crippen molar-refractivity contribution in [2.75, 3.05) is 27.2 Å². The van der Waals surface area contributed by atoms with Gasteiger partial charge in [-0.15, -0.1) is 0 Å². The molecule has 3 N–H and O–H groups in total. The maximum Gasteiger partial charge on any atom is 0.315 e. The fourth-order valence-corrected chi connectivity index (χ4v) is 2.81. The number of nitrogens with zero attached hydrogens (tertiary/aromatic N) is 1. The summed E-state index contributed by atoms with van der Waals surface area (Å²) in [6.07, 6.45) is 4.23. The molecule has 0 saturated heterocycles. The van der Waals surface area contributed by atoms with Crippen LogP contribution in [0, 0.1) is 5.41 Å². The molecule has 0 aromatic carbocycles. The number of amides is 2. The van der Waals surface area contributed by atoms with E-state index in [0.717, 1.165) is 25.8 Å². The molecule has 20 heavy (non-hydrogen) atoms. The van der Waals surface area contributed by atoms with Crippen LogP contribution in [0.15, 0.2) is 0 Å². The van der Waals surface area contributed by atoms with Gasteiger partial charge >= 0.3 is 12.0 Å². The third-order valence-electron chi connectivity index (χ3n) is 3.87. The summed E-state index contributed by atoms with van der Waals surface area (Å²) in [4.78, 5) is 25.3. The van der Waals surface area contributed by atoms with Gasteiger partial charge < -0.3 is 20.6 Å². The number of carbonyl (C=O) groups is 2. The third-order valence-corrected chi connectivity index (χ3v) is 3.87. The van der Waals surface area contributed by atoms with Gasteiger partial charge in [0.25, 0.3) is 0 Å². The maximum absolute atomic E-state index is 11.8. The molecule has 0 aliphatic heterocycles. The zero-order chi connectivity index (χ0) is 15.2. The average Bonchev–Trinajstić information content (AvgIpc) is 2.36. The molecule has 6 nitrogen and oxygen atoms in total. The predicted octanol–water partition coefficient (Wildman–Crippen LogP) is 1.27. The Bertz CT molecular complexity index is 339. The number of hydrogen-bond acceptors (Lipinski definition) is 3. The Labute approximate surface area is 120 Å². The lowest BCUT2D eigenvalue weighted by molar-refractivity contribution is -0.150. The van der Waals surface area contributed by atoms with Gasteiger partial charge in [-0.05, 0) is 33.9 Å². The first-order valence-corrected chi connectivity index (χ1v) is 7.28. The molecule has 2 amide bonds. The molecule has 0 aromatic rings. The molecular weight excluding hydrogens is 258 g/mol. The van der Waals surface area contributed by atoms with E-state index in [0.29, 0.717) is 12.8 Å². The minimum atomic E-state index is -0.793. The highest BCUT2D eigenvalue weighted by Crippen LogP contribution is 2.35. The van der Waals surface area contributed by atoms with Gasteiger partial charge in [0.1, 0.15) is 0 Å². The molecule has 1 unspecified atom stereocenters. The molecule has 116 valence electrons. The quantitative estimate of drug-likeness (QED) is 0.686. The minimum absolute atomic E-state index is 0.0251. The summed E-state index contributed by atoms with van der Waals surface area (Å²) < 4.78 is 0. The van der Waals surface area contributed by atoms with Crippen molar-refractivity contribution in [3.05, 3.63) is 0 Å². The van der Waals surface area contributed by atoms with Gasteiger partial charge in [0.15, 0.2) is 0 Å². The van der Waals surface area contributed by atoms with E-state index in [9.17, 15) is 14.7 Å². The van der Waals surface area contributed by atoms with E-state index >= 15 is 0 Å². The highest BCUT2D eigenvalue weighted by Gasteiger charge is 2.39. The Balaban J connectivity index is 2.43. The number of hydrogen-bond donors (Lipinski definition) is 3. The topological polar surface area (TPSA) is 81.7 Å². The van der Waals surface area contributed by atoms with Crippen molar-refractivity contribution in [1.29, 1.82) is 0 Å². The summed E-state index contributed by atoms with van der Waals surface area (Å²) in [5, 5.41) is 15.0. The summed E-state index contributed by atoms with van der Waals surface area (Å²) >= 11 is 0. The second-order valence-electron chi connectivity index (χ2n) is 6.14. The van der Waals surface area contributed by atoms with Crippen molar-refractivity contribution in [3.63, 3.8) is 0 Å². The van der Waals surface area contributed by atoms with Crippen molar-refractivity contribution >= 4 is 12.0 Å². The van der Waals surface area contributed by atoms with Crippen LogP contribution in [-0.2, 0) is 4.79 Å².